The summed E-state index contributed by atoms with van der Waals surface area (Å²) >= 11 is 0. The fourth-order valence-corrected chi connectivity index (χ4v) is 7.35. The summed E-state index contributed by atoms with van der Waals surface area (Å²) in [6, 6.07) is 67.0. The fourth-order valence-electron chi connectivity index (χ4n) is 7.35. The summed E-state index contributed by atoms with van der Waals surface area (Å²) in [4.78, 5) is 7.11. The van der Waals surface area contributed by atoms with E-state index in [9.17, 15) is 0 Å². The van der Waals surface area contributed by atoms with Gasteiger partial charge in [0, 0.05) is 34.2 Å². The van der Waals surface area contributed by atoms with E-state index in [1.165, 1.54) is 43.8 Å². The third-order valence-corrected chi connectivity index (χ3v) is 10.1. The number of para-hydroxylation sites is 1. The van der Waals surface area contributed by atoms with Gasteiger partial charge in [0.25, 0.3) is 0 Å². The van der Waals surface area contributed by atoms with Gasteiger partial charge in [-0.1, -0.05) is 121 Å². The van der Waals surface area contributed by atoms with Crippen LogP contribution in [0.5, 0.6) is 0 Å². The van der Waals surface area contributed by atoms with Crippen molar-refractivity contribution in [1.29, 1.82) is 0 Å². The van der Waals surface area contributed by atoms with Gasteiger partial charge in [0.1, 0.15) is 11.1 Å². The van der Waals surface area contributed by atoms with E-state index in [0.29, 0.717) is 0 Å². The van der Waals surface area contributed by atoms with Crippen molar-refractivity contribution < 1.29 is 4.42 Å². The molecule has 0 aliphatic heterocycles. The molecule has 0 amide bonds. The minimum Gasteiger partial charge on any atom is -0.454 e. The first-order chi connectivity index (χ1) is 25.7. The maximum Gasteiger partial charge on any atom is 0.154 e. The molecule has 52 heavy (non-hydrogen) atoms. The third kappa shape index (κ3) is 5.37. The predicted octanol–water partition coefficient (Wildman–Crippen LogP) is 13.8. The highest BCUT2D eigenvalue weighted by Gasteiger charge is 2.15. The minimum atomic E-state index is 0.794. The van der Waals surface area contributed by atoms with E-state index in [-0.39, 0.29) is 0 Å². The van der Waals surface area contributed by atoms with Crippen LogP contribution in [-0.2, 0) is 0 Å². The van der Waals surface area contributed by atoms with Crippen molar-refractivity contribution in [3.63, 3.8) is 0 Å². The van der Waals surface area contributed by atoms with Crippen molar-refractivity contribution in [3.05, 3.63) is 194 Å². The number of hydrogen-bond donors (Lipinski definition) is 0. The minimum absolute atomic E-state index is 0.794. The van der Waals surface area contributed by atoms with Gasteiger partial charge in [-0.05, 0) is 116 Å². The Morgan fingerprint density at radius 3 is 1.33 bits per heavy atom. The van der Waals surface area contributed by atoms with Crippen LogP contribution < -0.4 is 4.90 Å². The first-order valence-electron chi connectivity index (χ1n) is 17.6. The molecule has 0 aliphatic rings. The highest BCUT2D eigenvalue weighted by Crippen LogP contribution is 2.39. The molecule has 0 saturated carbocycles. The van der Waals surface area contributed by atoms with E-state index in [2.05, 4.69) is 175 Å². The van der Waals surface area contributed by atoms with Crippen molar-refractivity contribution in [2.24, 2.45) is 0 Å². The average Bonchev–Trinajstić information content (AvgIpc) is 3.59. The number of furan rings is 1. The topological polar surface area (TPSA) is 29.3 Å². The van der Waals surface area contributed by atoms with Crippen molar-refractivity contribution in [2.75, 3.05) is 4.90 Å². The van der Waals surface area contributed by atoms with Crippen molar-refractivity contribution in [1.82, 2.24) is 4.98 Å². The van der Waals surface area contributed by atoms with Crippen LogP contribution in [0.4, 0.5) is 17.1 Å². The first-order valence-corrected chi connectivity index (χ1v) is 17.6. The second-order valence-electron chi connectivity index (χ2n) is 13.3. The predicted molar refractivity (Wildman–Crippen MR) is 218 cm³/mol. The molecule has 0 unspecified atom stereocenters. The van der Waals surface area contributed by atoms with Crippen LogP contribution in [0.3, 0.4) is 0 Å². The molecule has 0 bridgehead atoms. The average molecular weight is 665 g/mol. The molecular formula is C49H32N2O. The maximum atomic E-state index is 6.15. The van der Waals surface area contributed by atoms with Crippen LogP contribution in [0, 0.1) is 0 Å². The molecule has 10 aromatic rings. The molecule has 3 nitrogen and oxygen atoms in total. The van der Waals surface area contributed by atoms with Gasteiger partial charge in [0.05, 0.1) is 0 Å². The quantitative estimate of drug-likeness (QED) is 0.177. The lowest BCUT2D eigenvalue weighted by Crippen LogP contribution is -2.09. The smallest absolute Gasteiger partial charge is 0.154 e. The summed E-state index contributed by atoms with van der Waals surface area (Å²) in [6.45, 7) is 0. The van der Waals surface area contributed by atoms with Crippen LogP contribution in [0.2, 0.25) is 0 Å². The number of aromatic nitrogens is 1. The molecule has 0 fully saturated rings. The van der Waals surface area contributed by atoms with Gasteiger partial charge in [0.2, 0.25) is 0 Å². The molecule has 10 rings (SSSR count). The second kappa shape index (κ2) is 12.4. The van der Waals surface area contributed by atoms with Crippen LogP contribution >= 0.6 is 0 Å². The van der Waals surface area contributed by atoms with Gasteiger partial charge < -0.3 is 9.32 Å². The van der Waals surface area contributed by atoms with Gasteiger partial charge in [-0.2, -0.15) is 0 Å². The Hall–Kier alpha value is -6.97. The zero-order valence-electron chi connectivity index (χ0n) is 28.3. The van der Waals surface area contributed by atoms with E-state index >= 15 is 0 Å². The van der Waals surface area contributed by atoms with Crippen LogP contribution in [-0.4, -0.2) is 4.98 Å². The third-order valence-electron chi connectivity index (χ3n) is 10.1. The number of rotatable bonds is 6. The molecule has 3 heteroatoms. The van der Waals surface area contributed by atoms with Crippen LogP contribution in [0.25, 0.3) is 77.0 Å². The largest absolute Gasteiger partial charge is 0.454 e. The Bertz CT molecular complexity index is 2760. The monoisotopic (exact) mass is 664 g/mol. The maximum absolute atomic E-state index is 6.15. The molecule has 0 N–H and O–H groups in total. The van der Waals surface area contributed by atoms with E-state index in [1.54, 1.807) is 0 Å². The summed E-state index contributed by atoms with van der Waals surface area (Å²) in [5, 5.41) is 6.02. The van der Waals surface area contributed by atoms with Gasteiger partial charge in [-0.25, -0.2) is 0 Å². The summed E-state index contributed by atoms with van der Waals surface area (Å²) in [6.07, 6.45) is 1.94. The number of benzene rings is 8. The zero-order valence-corrected chi connectivity index (χ0v) is 28.3. The van der Waals surface area contributed by atoms with E-state index in [0.717, 1.165) is 50.3 Å². The van der Waals surface area contributed by atoms with E-state index in [4.69, 9.17) is 9.40 Å². The molecule has 0 atom stereocenters. The molecular weight excluding hydrogens is 633 g/mol. The summed E-state index contributed by atoms with van der Waals surface area (Å²) in [5.74, 6) is 0. The summed E-state index contributed by atoms with van der Waals surface area (Å²) < 4.78 is 6.15. The molecule has 0 radical (unpaired) electrons. The summed E-state index contributed by atoms with van der Waals surface area (Å²) in [7, 11) is 0. The normalized spacial score (nSPS) is 11.5. The lowest BCUT2D eigenvalue weighted by atomic mass is 10.00. The Morgan fingerprint density at radius 2 is 0.788 bits per heavy atom. The molecule has 2 aromatic heterocycles. The van der Waals surface area contributed by atoms with Crippen molar-refractivity contribution in [2.45, 2.75) is 0 Å². The van der Waals surface area contributed by atoms with Gasteiger partial charge in [0.15, 0.2) is 5.58 Å². The number of anilines is 3. The lowest BCUT2D eigenvalue weighted by Gasteiger charge is -2.26. The van der Waals surface area contributed by atoms with E-state index in [1.807, 2.05) is 24.4 Å². The molecule has 8 aromatic carbocycles. The molecule has 244 valence electrons. The first kappa shape index (κ1) is 29.9. The highest BCUT2D eigenvalue weighted by molar-refractivity contribution is 6.03. The fraction of sp³-hybridized carbons (Fsp3) is 0. The van der Waals surface area contributed by atoms with Crippen molar-refractivity contribution >= 4 is 60.7 Å². The van der Waals surface area contributed by atoms with Gasteiger partial charge >= 0.3 is 0 Å². The number of pyridine rings is 1. The molecule has 2 heterocycles. The highest BCUT2D eigenvalue weighted by atomic mass is 16.3. The molecule has 0 aliphatic carbocycles. The van der Waals surface area contributed by atoms with Gasteiger partial charge in [-0.3, -0.25) is 4.98 Å². The Kier molecular flexibility index (Phi) is 7.14. The van der Waals surface area contributed by atoms with Crippen LogP contribution in [0.1, 0.15) is 0 Å². The van der Waals surface area contributed by atoms with Gasteiger partial charge in [-0.15, -0.1) is 0 Å². The van der Waals surface area contributed by atoms with E-state index < -0.39 is 0 Å². The Balaban J connectivity index is 1.02. The number of hydrogen-bond acceptors (Lipinski definition) is 3. The standard InChI is InChI=1S/C49H32N2O/c1-3-9-38-29-40(15-13-33(38)7-1)35-17-23-43(24-18-35)51(44-25-19-36(20-26-44)41-16-14-34-8-2-4-10-39(34)30-41)45-27-21-37(22-28-45)42-31-48-49(50-32-42)46-11-5-6-12-47(46)52-48/h1-32H. The van der Waals surface area contributed by atoms with Crippen molar-refractivity contribution in [3.8, 4) is 33.4 Å². The summed E-state index contributed by atoms with van der Waals surface area (Å²) in [5.41, 5.74) is 12.7. The number of nitrogens with zero attached hydrogens (tertiary/aromatic N) is 2. The molecule has 0 spiro atoms. The zero-order chi connectivity index (χ0) is 34.4. The second-order valence-corrected chi connectivity index (χ2v) is 13.3. The SMILES string of the molecule is c1ccc2cc(-c3ccc(N(c4ccc(-c5ccc6ccccc6c5)cc4)c4ccc(-c5cnc6c(c5)oc5ccccc56)cc4)cc3)ccc2c1. The lowest BCUT2D eigenvalue weighted by molar-refractivity contribution is 0.668. The van der Waals surface area contributed by atoms with Crippen LogP contribution in [0.15, 0.2) is 199 Å². The Morgan fingerprint density at radius 1 is 0.346 bits per heavy atom. The number of fused-ring (bicyclic) bond motifs is 5. The Labute approximate surface area is 301 Å². The molecule has 0 saturated heterocycles.